The molecule has 0 spiro atoms. The Kier molecular flexibility index (Phi) is 2.83. The van der Waals surface area contributed by atoms with E-state index >= 15 is 0 Å². The summed E-state index contributed by atoms with van der Waals surface area (Å²) in [6.45, 7) is 3.09. The lowest BCUT2D eigenvalue weighted by Crippen LogP contribution is -2.45. The average Bonchev–Trinajstić information content (AvgIpc) is 2.67. The summed E-state index contributed by atoms with van der Waals surface area (Å²) < 4.78 is 2.22. The van der Waals surface area contributed by atoms with E-state index in [0.29, 0.717) is 0 Å². The maximum Gasteiger partial charge on any atom is 0.130 e. The van der Waals surface area contributed by atoms with Gasteiger partial charge in [0.1, 0.15) is 5.82 Å². The van der Waals surface area contributed by atoms with Crippen LogP contribution in [0.3, 0.4) is 0 Å². The summed E-state index contributed by atoms with van der Waals surface area (Å²) in [4.78, 5) is 4.74. The van der Waals surface area contributed by atoms with E-state index in [4.69, 9.17) is 22.3 Å². The van der Waals surface area contributed by atoms with Gasteiger partial charge in [-0.2, -0.15) is 0 Å². The molecule has 18 heavy (non-hydrogen) atoms. The predicted molar refractivity (Wildman–Crippen MR) is 74.8 cm³/mol. The van der Waals surface area contributed by atoms with Crippen LogP contribution in [0.1, 0.15) is 38.4 Å². The van der Waals surface area contributed by atoms with Crippen LogP contribution in [0.5, 0.6) is 0 Å². The summed E-state index contributed by atoms with van der Waals surface area (Å²) in [5, 5.41) is 0.766. The van der Waals surface area contributed by atoms with Gasteiger partial charge in [-0.25, -0.2) is 4.98 Å². The van der Waals surface area contributed by atoms with Gasteiger partial charge >= 0.3 is 0 Å². The largest absolute Gasteiger partial charge is 0.325 e. The SMILES string of the molecule is CCCn1c(C2(N)CCC2)nc2cccc(Cl)c21. The molecule has 1 heterocycles. The highest BCUT2D eigenvalue weighted by atomic mass is 35.5. The Morgan fingerprint density at radius 2 is 2.22 bits per heavy atom. The molecule has 3 rings (SSSR count). The van der Waals surface area contributed by atoms with Crippen molar-refractivity contribution in [3.05, 3.63) is 29.0 Å². The van der Waals surface area contributed by atoms with Crippen molar-refractivity contribution >= 4 is 22.6 Å². The van der Waals surface area contributed by atoms with Gasteiger partial charge in [-0.05, 0) is 37.8 Å². The van der Waals surface area contributed by atoms with Crippen LogP contribution in [-0.4, -0.2) is 9.55 Å². The number of nitrogens with two attached hydrogens (primary N) is 1. The maximum atomic E-state index is 6.44. The fourth-order valence-electron chi connectivity index (χ4n) is 2.74. The number of nitrogens with zero attached hydrogens (tertiary/aromatic N) is 2. The second kappa shape index (κ2) is 4.25. The number of fused-ring (bicyclic) bond motifs is 1. The van der Waals surface area contributed by atoms with Crippen LogP contribution in [0.4, 0.5) is 0 Å². The molecule has 4 heteroatoms. The van der Waals surface area contributed by atoms with Crippen molar-refractivity contribution in [2.75, 3.05) is 0 Å². The third kappa shape index (κ3) is 1.65. The Balaban J connectivity index is 2.24. The second-order valence-electron chi connectivity index (χ2n) is 5.20. The molecule has 0 saturated heterocycles. The molecule has 3 nitrogen and oxygen atoms in total. The highest BCUT2D eigenvalue weighted by Crippen LogP contribution is 2.40. The summed E-state index contributed by atoms with van der Waals surface area (Å²) in [5.41, 5.74) is 8.20. The summed E-state index contributed by atoms with van der Waals surface area (Å²) in [6, 6.07) is 5.88. The van der Waals surface area contributed by atoms with Crippen LogP contribution in [0.25, 0.3) is 11.0 Å². The van der Waals surface area contributed by atoms with Crippen molar-refractivity contribution in [1.29, 1.82) is 0 Å². The second-order valence-corrected chi connectivity index (χ2v) is 5.61. The Labute approximate surface area is 112 Å². The summed E-state index contributed by atoms with van der Waals surface area (Å²) >= 11 is 6.32. The number of hydrogen-bond acceptors (Lipinski definition) is 2. The molecule has 0 bridgehead atoms. The molecular weight excluding hydrogens is 246 g/mol. The number of benzene rings is 1. The van der Waals surface area contributed by atoms with Gasteiger partial charge in [0.05, 0.1) is 21.6 Å². The fraction of sp³-hybridized carbons (Fsp3) is 0.500. The monoisotopic (exact) mass is 263 g/mol. The van der Waals surface area contributed by atoms with Crippen LogP contribution >= 0.6 is 11.6 Å². The third-order valence-corrected chi connectivity index (χ3v) is 4.16. The minimum Gasteiger partial charge on any atom is -0.325 e. The van der Waals surface area contributed by atoms with Crippen LogP contribution in [0, 0.1) is 0 Å². The first kappa shape index (κ1) is 12.0. The predicted octanol–water partition coefficient (Wildman–Crippen LogP) is 3.44. The number of aryl methyl sites for hydroxylation is 1. The van der Waals surface area contributed by atoms with Gasteiger partial charge in [0.2, 0.25) is 0 Å². The lowest BCUT2D eigenvalue weighted by molar-refractivity contribution is 0.231. The van der Waals surface area contributed by atoms with Gasteiger partial charge in [0.25, 0.3) is 0 Å². The van der Waals surface area contributed by atoms with Crippen LogP contribution in [0.2, 0.25) is 5.02 Å². The Hall–Kier alpha value is -1.06. The summed E-state index contributed by atoms with van der Waals surface area (Å²) in [5.74, 6) is 1.01. The molecule has 1 aliphatic carbocycles. The zero-order valence-electron chi connectivity index (χ0n) is 10.6. The molecule has 96 valence electrons. The molecule has 0 unspecified atom stereocenters. The van der Waals surface area contributed by atoms with Crippen molar-refractivity contribution in [3.63, 3.8) is 0 Å². The van der Waals surface area contributed by atoms with Crippen molar-refractivity contribution in [3.8, 4) is 0 Å². The number of imidazole rings is 1. The Bertz CT molecular complexity index is 584. The standard InChI is InChI=1S/C14H18ClN3/c1-2-9-18-12-10(15)5-3-6-11(12)17-13(18)14(16)7-4-8-14/h3,5-6H,2,4,7-9,16H2,1H3. The number of halogens is 1. The number of aromatic nitrogens is 2. The molecule has 1 saturated carbocycles. The van der Waals surface area contributed by atoms with Crippen molar-refractivity contribution in [1.82, 2.24) is 9.55 Å². The smallest absolute Gasteiger partial charge is 0.130 e. The van der Waals surface area contributed by atoms with E-state index in [-0.39, 0.29) is 5.54 Å². The van der Waals surface area contributed by atoms with E-state index < -0.39 is 0 Å². The molecule has 0 aliphatic heterocycles. The molecule has 1 aliphatic rings. The van der Waals surface area contributed by atoms with Gasteiger partial charge in [-0.1, -0.05) is 24.6 Å². The first-order valence-electron chi connectivity index (χ1n) is 6.60. The topological polar surface area (TPSA) is 43.8 Å². The first-order chi connectivity index (χ1) is 8.65. The van der Waals surface area contributed by atoms with Crippen LogP contribution < -0.4 is 5.73 Å². The van der Waals surface area contributed by atoms with Gasteiger partial charge in [0, 0.05) is 6.54 Å². The van der Waals surface area contributed by atoms with Crippen molar-refractivity contribution in [2.45, 2.75) is 44.7 Å². The van der Waals surface area contributed by atoms with Crippen molar-refractivity contribution < 1.29 is 0 Å². The maximum absolute atomic E-state index is 6.44. The number of hydrogen-bond donors (Lipinski definition) is 1. The van der Waals surface area contributed by atoms with E-state index in [1.165, 1.54) is 6.42 Å². The van der Waals surface area contributed by atoms with E-state index in [1.807, 2.05) is 18.2 Å². The normalized spacial score (nSPS) is 17.9. The van der Waals surface area contributed by atoms with Crippen molar-refractivity contribution in [2.24, 2.45) is 5.73 Å². The Morgan fingerprint density at radius 1 is 1.44 bits per heavy atom. The molecule has 0 atom stereocenters. The first-order valence-corrected chi connectivity index (χ1v) is 6.97. The van der Waals surface area contributed by atoms with E-state index in [2.05, 4.69) is 11.5 Å². The third-order valence-electron chi connectivity index (χ3n) is 3.86. The highest BCUT2D eigenvalue weighted by molar-refractivity contribution is 6.35. The van der Waals surface area contributed by atoms with Gasteiger partial charge in [-0.15, -0.1) is 0 Å². The highest BCUT2D eigenvalue weighted by Gasteiger charge is 2.39. The van der Waals surface area contributed by atoms with E-state index in [1.54, 1.807) is 0 Å². The molecular formula is C14H18ClN3. The van der Waals surface area contributed by atoms with E-state index in [9.17, 15) is 0 Å². The minimum atomic E-state index is -0.239. The fourth-order valence-corrected chi connectivity index (χ4v) is 3.02. The van der Waals surface area contributed by atoms with Crippen LogP contribution in [-0.2, 0) is 12.1 Å². The summed E-state index contributed by atoms with van der Waals surface area (Å²) in [7, 11) is 0. The summed E-state index contributed by atoms with van der Waals surface area (Å²) in [6.07, 6.45) is 4.30. The molecule has 0 radical (unpaired) electrons. The lowest BCUT2D eigenvalue weighted by Gasteiger charge is -2.37. The van der Waals surface area contributed by atoms with E-state index in [0.717, 1.165) is 47.7 Å². The molecule has 0 amide bonds. The molecule has 1 aromatic carbocycles. The van der Waals surface area contributed by atoms with Crippen LogP contribution in [0.15, 0.2) is 18.2 Å². The van der Waals surface area contributed by atoms with Gasteiger partial charge < -0.3 is 10.3 Å². The van der Waals surface area contributed by atoms with Gasteiger partial charge in [0.15, 0.2) is 0 Å². The van der Waals surface area contributed by atoms with Gasteiger partial charge in [-0.3, -0.25) is 0 Å². The Morgan fingerprint density at radius 3 is 2.83 bits per heavy atom. The zero-order chi connectivity index (χ0) is 12.8. The molecule has 2 N–H and O–H groups in total. The average molecular weight is 264 g/mol. The minimum absolute atomic E-state index is 0.239. The number of rotatable bonds is 3. The molecule has 1 fully saturated rings. The number of para-hydroxylation sites is 1. The molecule has 1 aromatic heterocycles. The lowest BCUT2D eigenvalue weighted by atomic mass is 9.77. The molecule has 2 aromatic rings. The quantitative estimate of drug-likeness (QED) is 0.922. The zero-order valence-corrected chi connectivity index (χ0v) is 11.4.